The maximum atomic E-state index is 12.6. The third kappa shape index (κ3) is 4.31. The zero-order chi connectivity index (χ0) is 19.4. The lowest BCUT2D eigenvalue weighted by atomic mass is 9.88. The molecule has 0 spiro atoms. The summed E-state index contributed by atoms with van der Waals surface area (Å²) in [5, 5.41) is 20.0. The van der Waals surface area contributed by atoms with Gasteiger partial charge in [-0.3, -0.25) is 14.9 Å². The molecule has 0 bridgehead atoms. The number of amides is 1. The summed E-state index contributed by atoms with van der Waals surface area (Å²) in [7, 11) is 0. The molecular weight excluding hydrogens is 348 g/mol. The van der Waals surface area contributed by atoms with Crippen LogP contribution in [0.15, 0.2) is 48.5 Å². The molecule has 0 unspecified atom stereocenters. The molecule has 0 atom stereocenters. The van der Waals surface area contributed by atoms with Crippen molar-refractivity contribution < 1.29 is 19.6 Å². The number of carboxylic acids is 1. The van der Waals surface area contributed by atoms with Crippen molar-refractivity contribution in [3.8, 4) is 0 Å². The average Bonchev–Trinajstić information content (AvgIpc) is 2.68. The highest BCUT2D eigenvalue weighted by Crippen LogP contribution is 2.25. The first-order chi connectivity index (χ1) is 13.0. The molecule has 1 heterocycles. The van der Waals surface area contributed by atoms with Crippen LogP contribution in [-0.2, 0) is 6.42 Å². The van der Waals surface area contributed by atoms with Gasteiger partial charge in [0, 0.05) is 30.8 Å². The van der Waals surface area contributed by atoms with Gasteiger partial charge in [0.15, 0.2) is 0 Å². The summed E-state index contributed by atoms with van der Waals surface area (Å²) in [6, 6.07) is 12.7. The molecule has 7 nitrogen and oxygen atoms in total. The first-order valence-electron chi connectivity index (χ1n) is 8.80. The van der Waals surface area contributed by atoms with Gasteiger partial charge in [-0.2, -0.15) is 0 Å². The minimum atomic E-state index is -0.920. The lowest BCUT2D eigenvalue weighted by Gasteiger charge is -2.32. The lowest BCUT2D eigenvalue weighted by molar-refractivity contribution is -0.384. The van der Waals surface area contributed by atoms with Gasteiger partial charge in [-0.05, 0) is 48.9 Å². The van der Waals surface area contributed by atoms with Crippen molar-refractivity contribution in [1.29, 1.82) is 0 Å². The largest absolute Gasteiger partial charge is 0.478 e. The number of rotatable bonds is 5. The first-order valence-corrected chi connectivity index (χ1v) is 8.80. The van der Waals surface area contributed by atoms with Crippen LogP contribution in [-0.4, -0.2) is 39.9 Å². The molecule has 140 valence electrons. The van der Waals surface area contributed by atoms with Crippen LogP contribution >= 0.6 is 0 Å². The number of nitro groups is 1. The van der Waals surface area contributed by atoms with Crippen LogP contribution in [0.2, 0.25) is 0 Å². The number of piperidine rings is 1. The van der Waals surface area contributed by atoms with Crippen LogP contribution in [0.5, 0.6) is 0 Å². The third-order valence-electron chi connectivity index (χ3n) is 4.98. The number of benzene rings is 2. The third-order valence-corrected chi connectivity index (χ3v) is 4.98. The topological polar surface area (TPSA) is 101 Å². The molecule has 1 aliphatic heterocycles. The number of carbonyl (C=O) groups excluding carboxylic acids is 1. The zero-order valence-electron chi connectivity index (χ0n) is 14.7. The predicted molar refractivity (Wildman–Crippen MR) is 98.8 cm³/mol. The minimum absolute atomic E-state index is 0.0395. The van der Waals surface area contributed by atoms with E-state index < -0.39 is 10.9 Å². The Hall–Kier alpha value is -3.22. The number of non-ortho nitro benzene ring substituents is 1. The van der Waals surface area contributed by atoms with Gasteiger partial charge in [0.1, 0.15) is 0 Å². The molecule has 0 radical (unpaired) electrons. The van der Waals surface area contributed by atoms with Crippen molar-refractivity contribution in [1.82, 2.24) is 4.90 Å². The summed E-state index contributed by atoms with van der Waals surface area (Å²) < 4.78 is 0. The summed E-state index contributed by atoms with van der Waals surface area (Å²) >= 11 is 0. The van der Waals surface area contributed by atoms with Gasteiger partial charge in [0.2, 0.25) is 0 Å². The highest BCUT2D eigenvalue weighted by atomic mass is 16.6. The van der Waals surface area contributed by atoms with E-state index in [0.29, 0.717) is 36.6 Å². The van der Waals surface area contributed by atoms with E-state index in [1.807, 2.05) is 12.1 Å². The maximum absolute atomic E-state index is 12.6. The SMILES string of the molecule is O=C(O)c1ccccc1CC1CCN(C(=O)c2ccc([N+](=O)[O-])cc2)CC1. The van der Waals surface area contributed by atoms with Crippen LogP contribution in [0.3, 0.4) is 0 Å². The summed E-state index contributed by atoms with van der Waals surface area (Å²) in [5.41, 5.74) is 1.56. The summed E-state index contributed by atoms with van der Waals surface area (Å²) in [6.07, 6.45) is 2.28. The van der Waals surface area contributed by atoms with Crippen LogP contribution in [0.1, 0.15) is 39.1 Å². The quantitative estimate of drug-likeness (QED) is 0.644. The molecule has 2 aromatic rings. The van der Waals surface area contributed by atoms with Crippen molar-refractivity contribution in [2.75, 3.05) is 13.1 Å². The summed E-state index contributed by atoms with van der Waals surface area (Å²) in [5.74, 6) is -0.725. The second-order valence-corrected chi connectivity index (χ2v) is 6.71. The number of nitro benzene ring substituents is 1. The van der Waals surface area contributed by atoms with E-state index in [1.165, 1.54) is 24.3 Å². The molecule has 1 aliphatic rings. The Bertz CT molecular complexity index is 855. The number of aromatic carboxylic acids is 1. The molecule has 1 amide bonds. The van der Waals surface area contributed by atoms with Gasteiger partial charge in [0.05, 0.1) is 10.5 Å². The maximum Gasteiger partial charge on any atom is 0.335 e. The minimum Gasteiger partial charge on any atom is -0.478 e. The second kappa shape index (κ2) is 7.99. The highest BCUT2D eigenvalue weighted by molar-refractivity contribution is 5.94. The molecule has 3 rings (SSSR count). The van der Waals surface area contributed by atoms with E-state index in [-0.39, 0.29) is 11.6 Å². The standard InChI is InChI=1S/C20H20N2O5/c23-19(15-5-7-17(8-6-15)22(26)27)21-11-9-14(10-12-21)13-16-3-1-2-4-18(16)20(24)25/h1-8,14H,9-13H2,(H,24,25). The van der Waals surface area contributed by atoms with Crippen molar-refractivity contribution in [2.45, 2.75) is 19.3 Å². The lowest BCUT2D eigenvalue weighted by Crippen LogP contribution is -2.39. The van der Waals surface area contributed by atoms with E-state index >= 15 is 0 Å². The number of nitrogens with zero attached hydrogens (tertiary/aromatic N) is 2. The van der Waals surface area contributed by atoms with E-state index in [0.717, 1.165) is 18.4 Å². The smallest absolute Gasteiger partial charge is 0.335 e. The van der Waals surface area contributed by atoms with Crippen molar-refractivity contribution >= 4 is 17.6 Å². The van der Waals surface area contributed by atoms with Gasteiger partial charge in [-0.1, -0.05) is 18.2 Å². The van der Waals surface area contributed by atoms with Gasteiger partial charge in [-0.25, -0.2) is 4.79 Å². The molecule has 7 heteroatoms. The molecule has 1 fully saturated rings. The molecular formula is C20H20N2O5. The molecule has 2 aromatic carbocycles. The normalized spacial score (nSPS) is 14.7. The second-order valence-electron chi connectivity index (χ2n) is 6.71. The Balaban J connectivity index is 1.59. The Labute approximate surface area is 156 Å². The molecule has 1 N–H and O–H groups in total. The summed E-state index contributed by atoms with van der Waals surface area (Å²) in [4.78, 5) is 35.9. The zero-order valence-corrected chi connectivity index (χ0v) is 14.7. The fraction of sp³-hybridized carbons (Fsp3) is 0.300. The van der Waals surface area contributed by atoms with E-state index in [2.05, 4.69) is 0 Å². The number of hydrogen-bond acceptors (Lipinski definition) is 4. The van der Waals surface area contributed by atoms with Crippen molar-refractivity contribution in [2.24, 2.45) is 5.92 Å². The van der Waals surface area contributed by atoms with Gasteiger partial charge < -0.3 is 10.0 Å². The predicted octanol–water partition coefficient (Wildman–Crippen LogP) is 3.39. The monoisotopic (exact) mass is 368 g/mol. The number of likely N-dealkylation sites (tertiary alicyclic amines) is 1. The van der Waals surface area contributed by atoms with Gasteiger partial charge >= 0.3 is 5.97 Å². The van der Waals surface area contributed by atoms with Gasteiger partial charge in [-0.15, -0.1) is 0 Å². The van der Waals surface area contributed by atoms with Crippen LogP contribution in [0.25, 0.3) is 0 Å². The molecule has 1 saturated heterocycles. The van der Waals surface area contributed by atoms with E-state index in [4.69, 9.17) is 0 Å². The fourth-order valence-electron chi connectivity index (χ4n) is 3.47. The molecule has 0 saturated carbocycles. The highest BCUT2D eigenvalue weighted by Gasteiger charge is 2.25. The van der Waals surface area contributed by atoms with E-state index in [1.54, 1.807) is 17.0 Å². The molecule has 0 aliphatic carbocycles. The molecule has 0 aromatic heterocycles. The number of carboxylic acid groups (broad SMARTS) is 1. The Morgan fingerprint density at radius 2 is 1.70 bits per heavy atom. The van der Waals surface area contributed by atoms with Crippen molar-refractivity contribution in [3.63, 3.8) is 0 Å². The number of carbonyl (C=O) groups is 2. The van der Waals surface area contributed by atoms with Crippen molar-refractivity contribution in [3.05, 3.63) is 75.3 Å². The average molecular weight is 368 g/mol. The van der Waals surface area contributed by atoms with Crippen LogP contribution in [0, 0.1) is 16.0 Å². The Morgan fingerprint density at radius 1 is 1.07 bits per heavy atom. The van der Waals surface area contributed by atoms with Crippen LogP contribution < -0.4 is 0 Å². The van der Waals surface area contributed by atoms with E-state index in [9.17, 15) is 24.8 Å². The Morgan fingerprint density at radius 3 is 2.30 bits per heavy atom. The molecule has 27 heavy (non-hydrogen) atoms. The van der Waals surface area contributed by atoms with Crippen LogP contribution in [0.4, 0.5) is 5.69 Å². The fourth-order valence-corrected chi connectivity index (χ4v) is 3.47. The Kier molecular flexibility index (Phi) is 5.49. The first kappa shape index (κ1) is 18.6. The number of hydrogen-bond donors (Lipinski definition) is 1. The van der Waals surface area contributed by atoms with Gasteiger partial charge in [0.25, 0.3) is 11.6 Å². The summed E-state index contributed by atoms with van der Waals surface area (Å²) in [6.45, 7) is 1.19.